The molecule has 2 rings (SSSR count). The maximum Gasteiger partial charge on any atom is 0.275 e. The van der Waals surface area contributed by atoms with E-state index in [1.165, 1.54) is 12.1 Å². The van der Waals surface area contributed by atoms with E-state index >= 15 is 0 Å². The molecule has 110 valence electrons. The molecule has 5 nitrogen and oxygen atoms in total. The van der Waals surface area contributed by atoms with Gasteiger partial charge >= 0.3 is 0 Å². The van der Waals surface area contributed by atoms with Gasteiger partial charge in [0.2, 0.25) is 0 Å². The first-order valence-corrected chi connectivity index (χ1v) is 6.91. The highest BCUT2D eigenvalue weighted by molar-refractivity contribution is 6.34. The lowest BCUT2D eigenvalue weighted by molar-refractivity contribution is 0.102. The Balaban J connectivity index is 2.14. The first kappa shape index (κ1) is 15.3. The minimum atomic E-state index is -0.411. The summed E-state index contributed by atoms with van der Waals surface area (Å²) in [6, 6.07) is 10.5. The minimum absolute atomic E-state index is 0.0948. The molecule has 1 aromatic carbocycles. The number of amides is 1. The second-order valence-electron chi connectivity index (χ2n) is 4.55. The van der Waals surface area contributed by atoms with Crippen LogP contribution in [0.25, 0.3) is 0 Å². The molecule has 6 heteroatoms. The van der Waals surface area contributed by atoms with Crippen LogP contribution in [0.2, 0.25) is 5.02 Å². The van der Waals surface area contributed by atoms with E-state index in [2.05, 4.69) is 10.3 Å². The number of nitrogens with zero attached hydrogens (tertiary/aromatic N) is 1. The topological polar surface area (TPSA) is 88.2 Å². The highest BCUT2D eigenvalue weighted by atomic mass is 35.5. The summed E-state index contributed by atoms with van der Waals surface area (Å²) in [5.41, 5.74) is 7.34. The Morgan fingerprint density at radius 1 is 1.33 bits per heavy atom. The van der Waals surface area contributed by atoms with E-state index in [9.17, 15) is 4.79 Å². The Bertz CT molecular complexity index is 647. The van der Waals surface area contributed by atoms with Crippen molar-refractivity contribution in [2.45, 2.75) is 12.8 Å². The summed E-state index contributed by atoms with van der Waals surface area (Å²) in [5, 5.41) is 11.8. The second-order valence-corrected chi connectivity index (χ2v) is 4.96. The number of nitrogens with one attached hydrogen (secondary N) is 1. The summed E-state index contributed by atoms with van der Waals surface area (Å²) in [6.07, 6.45) is 1.43. The van der Waals surface area contributed by atoms with Crippen LogP contribution in [0, 0.1) is 0 Å². The molecule has 0 bridgehead atoms. The van der Waals surface area contributed by atoms with Gasteiger partial charge in [0.15, 0.2) is 0 Å². The van der Waals surface area contributed by atoms with Crippen molar-refractivity contribution in [3.63, 3.8) is 0 Å². The van der Waals surface area contributed by atoms with Gasteiger partial charge < -0.3 is 16.2 Å². The number of aryl methyl sites for hydroxylation is 1. The maximum atomic E-state index is 12.2. The number of aromatic nitrogens is 1. The number of benzene rings is 1. The Labute approximate surface area is 127 Å². The smallest absolute Gasteiger partial charge is 0.275 e. The molecule has 0 unspecified atom stereocenters. The molecule has 0 aliphatic carbocycles. The lowest BCUT2D eigenvalue weighted by Crippen LogP contribution is -2.15. The van der Waals surface area contributed by atoms with Crippen molar-refractivity contribution in [1.29, 1.82) is 0 Å². The molecule has 1 amide bonds. The van der Waals surface area contributed by atoms with Crippen molar-refractivity contribution < 1.29 is 9.90 Å². The van der Waals surface area contributed by atoms with E-state index in [1.54, 1.807) is 6.07 Å². The van der Waals surface area contributed by atoms with Crippen molar-refractivity contribution in [1.82, 2.24) is 4.98 Å². The molecule has 1 aromatic heterocycles. The summed E-state index contributed by atoms with van der Waals surface area (Å²) in [4.78, 5) is 16.1. The van der Waals surface area contributed by atoms with Gasteiger partial charge in [-0.25, -0.2) is 4.98 Å². The van der Waals surface area contributed by atoms with Crippen LogP contribution in [0.3, 0.4) is 0 Å². The molecule has 1 heterocycles. The number of halogens is 1. The summed E-state index contributed by atoms with van der Waals surface area (Å²) in [7, 11) is 0. The quantitative estimate of drug-likeness (QED) is 0.792. The predicted octanol–water partition coefficient (Wildman–Crippen LogP) is 2.49. The molecule has 0 fully saturated rings. The lowest BCUT2D eigenvalue weighted by Gasteiger charge is -2.08. The summed E-state index contributed by atoms with van der Waals surface area (Å²) >= 11 is 5.95. The van der Waals surface area contributed by atoms with E-state index in [1.807, 2.05) is 18.2 Å². The SMILES string of the molecule is Nc1ccc(Cl)c(C(=O)Nc2cccc(CCCO)c2)n1. The Hall–Kier alpha value is -2.11. The van der Waals surface area contributed by atoms with Crippen LogP contribution in [0.5, 0.6) is 0 Å². The number of hydrogen-bond acceptors (Lipinski definition) is 4. The standard InChI is InChI=1S/C15H16ClN3O2/c16-12-6-7-13(17)19-14(12)15(21)18-11-5-1-3-10(9-11)4-2-8-20/h1,3,5-7,9,20H,2,4,8H2,(H2,17,19)(H,18,21). The van der Waals surface area contributed by atoms with Crippen LogP contribution in [0.4, 0.5) is 11.5 Å². The largest absolute Gasteiger partial charge is 0.396 e. The first-order chi connectivity index (χ1) is 10.1. The van der Waals surface area contributed by atoms with Gasteiger partial charge in [-0.05, 0) is 42.7 Å². The van der Waals surface area contributed by atoms with Crippen molar-refractivity contribution >= 4 is 29.0 Å². The van der Waals surface area contributed by atoms with Gasteiger partial charge in [0.25, 0.3) is 5.91 Å². The zero-order valence-electron chi connectivity index (χ0n) is 11.3. The maximum absolute atomic E-state index is 12.2. The van der Waals surface area contributed by atoms with E-state index in [-0.39, 0.29) is 23.1 Å². The number of rotatable bonds is 5. The third-order valence-electron chi connectivity index (χ3n) is 2.89. The van der Waals surface area contributed by atoms with Crippen molar-refractivity contribution in [3.05, 3.63) is 52.7 Å². The molecule has 0 radical (unpaired) electrons. The molecule has 0 atom stereocenters. The average Bonchev–Trinajstić information content (AvgIpc) is 2.48. The summed E-state index contributed by atoms with van der Waals surface area (Å²) in [5.74, 6) is -0.173. The molecular weight excluding hydrogens is 290 g/mol. The van der Waals surface area contributed by atoms with E-state index in [0.717, 1.165) is 12.0 Å². The number of aliphatic hydroxyl groups is 1. The lowest BCUT2D eigenvalue weighted by atomic mass is 10.1. The fraction of sp³-hybridized carbons (Fsp3) is 0.200. The highest BCUT2D eigenvalue weighted by Crippen LogP contribution is 2.18. The average molecular weight is 306 g/mol. The van der Waals surface area contributed by atoms with Crippen LogP contribution in [0.15, 0.2) is 36.4 Å². The van der Waals surface area contributed by atoms with Gasteiger partial charge in [-0.3, -0.25) is 4.79 Å². The van der Waals surface area contributed by atoms with Crippen molar-refractivity contribution in [3.8, 4) is 0 Å². The molecule has 0 aliphatic heterocycles. The normalized spacial score (nSPS) is 10.4. The zero-order chi connectivity index (χ0) is 15.2. The number of hydrogen-bond donors (Lipinski definition) is 3. The van der Waals surface area contributed by atoms with Gasteiger partial charge in [-0.2, -0.15) is 0 Å². The van der Waals surface area contributed by atoms with Crippen LogP contribution >= 0.6 is 11.6 Å². The molecule has 0 saturated heterocycles. The van der Waals surface area contributed by atoms with Crippen LogP contribution in [-0.4, -0.2) is 22.6 Å². The molecule has 0 spiro atoms. The minimum Gasteiger partial charge on any atom is -0.396 e. The molecule has 0 aliphatic rings. The monoisotopic (exact) mass is 305 g/mol. The van der Waals surface area contributed by atoms with Gasteiger partial charge in [0.05, 0.1) is 5.02 Å². The number of anilines is 2. The van der Waals surface area contributed by atoms with Gasteiger partial charge in [-0.1, -0.05) is 23.7 Å². The van der Waals surface area contributed by atoms with Gasteiger partial charge in [0.1, 0.15) is 11.5 Å². The number of pyridine rings is 1. The van der Waals surface area contributed by atoms with E-state index in [0.29, 0.717) is 12.1 Å². The number of nitrogen functional groups attached to an aromatic ring is 1. The molecule has 0 saturated carbocycles. The van der Waals surface area contributed by atoms with Crippen molar-refractivity contribution in [2.75, 3.05) is 17.7 Å². The predicted molar refractivity (Wildman–Crippen MR) is 83.5 cm³/mol. The Morgan fingerprint density at radius 2 is 2.14 bits per heavy atom. The molecule has 21 heavy (non-hydrogen) atoms. The number of carbonyl (C=O) groups is 1. The van der Waals surface area contributed by atoms with Crippen LogP contribution in [-0.2, 0) is 6.42 Å². The van der Waals surface area contributed by atoms with Gasteiger partial charge in [-0.15, -0.1) is 0 Å². The third-order valence-corrected chi connectivity index (χ3v) is 3.20. The zero-order valence-corrected chi connectivity index (χ0v) is 12.1. The molecule has 4 N–H and O–H groups in total. The van der Waals surface area contributed by atoms with E-state index in [4.69, 9.17) is 22.4 Å². The molecule has 2 aromatic rings. The van der Waals surface area contributed by atoms with Gasteiger partial charge in [0, 0.05) is 12.3 Å². The number of nitrogens with two attached hydrogens (primary N) is 1. The summed E-state index contributed by atoms with van der Waals surface area (Å²) < 4.78 is 0. The Kier molecular flexibility index (Phi) is 5.14. The van der Waals surface area contributed by atoms with Crippen LogP contribution in [0.1, 0.15) is 22.5 Å². The van der Waals surface area contributed by atoms with Crippen LogP contribution < -0.4 is 11.1 Å². The van der Waals surface area contributed by atoms with E-state index < -0.39 is 5.91 Å². The first-order valence-electron chi connectivity index (χ1n) is 6.53. The third kappa shape index (κ3) is 4.18. The molecular formula is C15H16ClN3O2. The number of aliphatic hydroxyl groups excluding tert-OH is 1. The van der Waals surface area contributed by atoms with Crippen molar-refractivity contribution in [2.24, 2.45) is 0 Å². The number of carbonyl (C=O) groups excluding carboxylic acids is 1. The summed E-state index contributed by atoms with van der Waals surface area (Å²) in [6.45, 7) is 0.138. The Morgan fingerprint density at radius 3 is 2.90 bits per heavy atom. The second kappa shape index (κ2) is 7.06. The fourth-order valence-corrected chi connectivity index (χ4v) is 2.09. The fourth-order valence-electron chi connectivity index (χ4n) is 1.89. The highest BCUT2D eigenvalue weighted by Gasteiger charge is 2.13.